The molecular weight excluding hydrogens is 172 g/mol. The van der Waals surface area contributed by atoms with Crippen molar-refractivity contribution in [2.45, 2.75) is 19.9 Å². The summed E-state index contributed by atoms with van der Waals surface area (Å²) in [6.45, 7) is 4.07. The molecule has 0 radical (unpaired) electrons. The molecule has 0 heterocycles. The zero-order valence-corrected chi connectivity index (χ0v) is 8.62. The Hall–Kier alpha value is -1.57. The highest BCUT2D eigenvalue weighted by atomic mass is 14.9. The quantitative estimate of drug-likeness (QED) is 0.700. The number of benzene rings is 1. The Labute approximate surface area is 85.2 Å². The highest BCUT2D eigenvalue weighted by Crippen LogP contribution is 2.12. The van der Waals surface area contributed by atoms with Crippen molar-refractivity contribution in [2.75, 3.05) is 0 Å². The molecule has 0 aromatic heterocycles. The lowest BCUT2D eigenvalue weighted by molar-refractivity contribution is 0.655. The van der Waals surface area contributed by atoms with Crippen LogP contribution in [-0.4, -0.2) is 6.21 Å². The largest absolute Gasteiger partial charge is 0.382 e. The van der Waals surface area contributed by atoms with Gasteiger partial charge in [0.15, 0.2) is 0 Å². The predicted octanol–water partition coefficient (Wildman–Crippen LogP) is 2.89. The Morgan fingerprint density at radius 3 is 2.57 bits per heavy atom. The molecule has 1 rings (SSSR count). The maximum atomic E-state index is 6.94. The van der Waals surface area contributed by atoms with Crippen molar-refractivity contribution in [1.82, 2.24) is 5.32 Å². The predicted molar refractivity (Wildman–Crippen MR) is 60.5 cm³/mol. The zero-order valence-electron chi connectivity index (χ0n) is 8.62. The van der Waals surface area contributed by atoms with Gasteiger partial charge in [0.05, 0.1) is 0 Å². The number of allylic oxidation sites excluding steroid dienone is 2. The maximum absolute atomic E-state index is 6.94. The molecule has 1 unspecified atom stereocenters. The molecule has 0 spiro atoms. The topological polar surface area (TPSA) is 35.9 Å². The van der Waals surface area contributed by atoms with Gasteiger partial charge in [-0.3, -0.25) is 0 Å². The normalized spacial score (nSPS) is 13.4. The summed E-state index contributed by atoms with van der Waals surface area (Å²) in [4.78, 5) is 0. The van der Waals surface area contributed by atoms with Crippen LogP contribution in [0.2, 0.25) is 0 Å². The van der Waals surface area contributed by atoms with Crippen molar-refractivity contribution in [1.29, 1.82) is 5.41 Å². The van der Waals surface area contributed by atoms with Crippen LogP contribution < -0.4 is 5.32 Å². The second kappa shape index (κ2) is 5.22. The van der Waals surface area contributed by atoms with Crippen LogP contribution >= 0.6 is 0 Å². The highest BCUT2D eigenvalue weighted by molar-refractivity contribution is 5.68. The van der Waals surface area contributed by atoms with Gasteiger partial charge in [-0.2, -0.15) is 0 Å². The zero-order chi connectivity index (χ0) is 10.4. The van der Waals surface area contributed by atoms with E-state index in [1.165, 1.54) is 11.8 Å². The standard InChI is InChI=1S/C12H16N2/c1-10(8-9-13)14-11(2)12-6-4-3-5-7-12/h3-9,11,13-14H,1-2H3/b10-8-,13-9?. The third kappa shape index (κ3) is 3.05. The molecule has 74 valence electrons. The van der Waals surface area contributed by atoms with Crippen molar-refractivity contribution >= 4 is 6.21 Å². The summed E-state index contributed by atoms with van der Waals surface area (Å²) in [7, 11) is 0. The van der Waals surface area contributed by atoms with Crippen LogP contribution in [0, 0.1) is 5.41 Å². The minimum atomic E-state index is 0.285. The van der Waals surface area contributed by atoms with E-state index in [1.54, 1.807) is 6.08 Å². The van der Waals surface area contributed by atoms with E-state index in [9.17, 15) is 0 Å². The van der Waals surface area contributed by atoms with Gasteiger partial charge in [-0.15, -0.1) is 0 Å². The van der Waals surface area contributed by atoms with E-state index in [4.69, 9.17) is 5.41 Å². The Kier molecular flexibility index (Phi) is 3.92. The number of nitrogens with one attached hydrogen (secondary N) is 2. The van der Waals surface area contributed by atoms with Crippen molar-refractivity contribution in [3.63, 3.8) is 0 Å². The van der Waals surface area contributed by atoms with Gasteiger partial charge in [0, 0.05) is 18.0 Å². The molecule has 0 aliphatic carbocycles. The Morgan fingerprint density at radius 2 is 2.00 bits per heavy atom. The molecule has 2 heteroatoms. The first-order chi connectivity index (χ1) is 6.74. The summed E-state index contributed by atoms with van der Waals surface area (Å²) < 4.78 is 0. The van der Waals surface area contributed by atoms with Gasteiger partial charge >= 0.3 is 0 Å². The monoisotopic (exact) mass is 188 g/mol. The fraction of sp³-hybridized carbons (Fsp3) is 0.250. The van der Waals surface area contributed by atoms with E-state index < -0.39 is 0 Å². The number of hydrogen-bond donors (Lipinski definition) is 2. The molecule has 0 saturated heterocycles. The van der Waals surface area contributed by atoms with Crippen LogP contribution in [-0.2, 0) is 0 Å². The van der Waals surface area contributed by atoms with E-state index in [-0.39, 0.29) is 6.04 Å². The first-order valence-corrected chi connectivity index (χ1v) is 4.73. The van der Waals surface area contributed by atoms with Gasteiger partial charge in [-0.25, -0.2) is 0 Å². The van der Waals surface area contributed by atoms with Gasteiger partial charge in [-0.05, 0) is 25.5 Å². The van der Waals surface area contributed by atoms with Crippen LogP contribution in [0.15, 0.2) is 42.1 Å². The summed E-state index contributed by atoms with van der Waals surface area (Å²) in [5, 5.41) is 10.2. The number of hydrogen-bond acceptors (Lipinski definition) is 2. The molecule has 0 aliphatic rings. The van der Waals surface area contributed by atoms with Crippen LogP contribution in [0.25, 0.3) is 0 Å². The molecule has 1 aromatic carbocycles. The summed E-state index contributed by atoms with van der Waals surface area (Å²) in [6, 6.07) is 10.5. The smallest absolute Gasteiger partial charge is 0.0482 e. The van der Waals surface area contributed by atoms with Crippen molar-refractivity contribution < 1.29 is 0 Å². The van der Waals surface area contributed by atoms with E-state index in [0.717, 1.165) is 5.70 Å². The fourth-order valence-corrected chi connectivity index (χ4v) is 1.34. The number of rotatable bonds is 4. The van der Waals surface area contributed by atoms with Crippen LogP contribution in [0.5, 0.6) is 0 Å². The molecule has 0 fully saturated rings. The molecule has 1 aromatic rings. The Morgan fingerprint density at radius 1 is 1.36 bits per heavy atom. The Balaban J connectivity index is 2.63. The lowest BCUT2D eigenvalue weighted by Crippen LogP contribution is -2.16. The molecule has 0 saturated carbocycles. The first kappa shape index (κ1) is 10.5. The highest BCUT2D eigenvalue weighted by Gasteiger charge is 2.02. The average molecular weight is 188 g/mol. The molecule has 0 bridgehead atoms. The minimum Gasteiger partial charge on any atom is -0.382 e. The fourth-order valence-electron chi connectivity index (χ4n) is 1.34. The third-order valence-corrected chi connectivity index (χ3v) is 2.08. The van der Waals surface area contributed by atoms with Crippen molar-refractivity contribution in [3.05, 3.63) is 47.7 Å². The van der Waals surface area contributed by atoms with E-state index in [0.29, 0.717) is 0 Å². The average Bonchev–Trinajstić information content (AvgIpc) is 2.19. The molecule has 1 atom stereocenters. The van der Waals surface area contributed by atoms with Crippen LogP contribution in [0.1, 0.15) is 25.5 Å². The van der Waals surface area contributed by atoms with Gasteiger partial charge < -0.3 is 10.7 Å². The van der Waals surface area contributed by atoms with Gasteiger partial charge in [-0.1, -0.05) is 30.3 Å². The van der Waals surface area contributed by atoms with Crippen LogP contribution in [0.4, 0.5) is 0 Å². The van der Waals surface area contributed by atoms with Crippen LogP contribution in [0.3, 0.4) is 0 Å². The van der Waals surface area contributed by atoms with E-state index in [2.05, 4.69) is 24.4 Å². The third-order valence-electron chi connectivity index (χ3n) is 2.08. The SMILES string of the molecule is C/C(=C/C=N)NC(C)c1ccccc1. The molecule has 14 heavy (non-hydrogen) atoms. The second-order valence-corrected chi connectivity index (χ2v) is 3.29. The second-order valence-electron chi connectivity index (χ2n) is 3.29. The lowest BCUT2D eigenvalue weighted by Gasteiger charge is -2.15. The molecular formula is C12H16N2. The van der Waals surface area contributed by atoms with Crippen molar-refractivity contribution in [2.24, 2.45) is 0 Å². The molecule has 2 N–H and O–H groups in total. The minimum absolute atomic E-state index is 0.285. The summed E-state index contributed by atoms with van der Waals surface area (Å²) in [6.07, 6.45) is 3.04. The summed E-state index contributed by atoms with van der Waals surface area (Å²) in [5.74, 6) is 0. The summed E-state index contributed by atoms with van der Waals surface area (Å²) >= 11 is 0. The molecule has 0 amide bonds. The van der Waals surface area contributed by atoms with E-state index >= 15 is 0 Å². The maximum Gasteiger partial charge on any atom is 0.0482 e. The first-order valence-electron chi connectivity index (χ1n) is 4.73. The van der Waals surface area contributed by atoms with Gasteiger partial charge in [0.1, 0.15) is 0 Å². The molecule has 0 aliphatic heterocycles. The Bertz CT molecular complexity index is 314. The van der Waals surface area contributed by atoms with Gasteiger partial charge in [0.25, 0.3) is 0 Å². The summed E-state index contributed by atoms with van der Waals surface area (Å²) in [5.41, 5.74) is 2.27. The van der Waals surface area contributed by atoms with E-state index in [1.807, 2.05) is 25.1 Å². The lowest BCUT2D eigenvalue weighted by atomic mass is 10.1. The molecule has 2 nitrogen and oxygen atoms in total. The van der Waals surface area contributed by atoms with Gasteiger partial charge in [0.2, 0.25) is 0 Å². The van der Waals surface area contributed by atoms with Crippen molar-refractivity contribution in [3.8, 4) is 0 Å².